The van der Waals surface area contributed by atoms with Crippen LogP contribution in [0.15, 0.2) is 48.5 Å². The number of aliphatic hydroxyl groups is 2. The van der Waals surface area contributed by atoms with E-state index in [0.29, 0.717) is 0 Å². The lowest BCUT2D eigenvalue weighted by Crippen LogP contribution is -2.51. The van der Waals surface area contributed by atoms with Gasteiger partial charge in [0.1, 0.15) is 52.1 Å². The Morgan fingerprint density at radius 3 is 2.40 bits per heavy atom. The summed E-state index contributed by atoms with van der Waals surface area (Å²) in [5.74, 6) is -3.66. The largest absolute Gasteiger partial charge is 0.494 e. The van der Waals surface area contributed by atoms with Crippen LogP contribution in [-0.2, 0) is 22.4 Å². The molecule has 0 aliphatic carbocycles. The third kappa shape index (κ3) is 5.37. The number of nitrogens with two attached hydrogens (primary N) is 1. The molecule has 10 nitrogen and oxygen atoms in total. The van der Waals surface area contributed by atoms with Gasteiger partial charge in [0, 0.05) is 22.1 Å². The SMILES string of the molecule is COc1cc(C(=O)NC[C@](O)(c2cc3c(c(-c4ccc(F)cc4)n2)OC[C@]3(C)C(N)=O)C(F)(F)F)cc2cc(F)c(CO)nc12. The summed E-state index contributed by atoms with van der Waals surface area (Å²) in [6.07, 6.45) is -5.43. The first-order chi connectivity index (χ1) is 21.1. The van der Waals surface area contributed by atoms with Crippen molar-refractivity contribution in [3.05, 3.63) is 82.7 Å². The number of primary amides is 1. The van der Waals surface area contributed by atoms with Gasteiger partial charge in [-0.05, 0) is 55.5 Å². The highest BCUT2D eigenvalue weighted by Gasteiger charge is 2.57. The first-order valence-electron chi connectivity index (χ1n) is 13.2. The summed E-state index contributed by atoms with van der Waals surface area (Å²) in [6.45, 7) is -1.15. The zero-order valence-electron chi connectivity index (χ0n) is 23.6. The zero-order valence-corrected chi connectivity index (χ0v) is 23.6. The van der Waals surface area contributed by atoms with Gasteiger partial charge in [-0.2, -0.15) is 13.2 Å². The minimum absolute atomic E-state index is 0.0339. The van der Waals surface area contributed by atoms with Crippen LogP contribution in [0.4, 0.5) is 22.0 Å². The zero-order chi connectivity index (χ0) is 32.9. The van der Waals surface area contributed by atoms with Crippen molar-refractivity contribution in [3.8, 4) is 22.8 Å². The molecule has 0 saturated carbocycles. The van der Waals surface area contributed by atoms with Gasteiger partial charge in [-0.1, -0.05) is 0 Å². The van der Waals surface area contributed by atoms with E-state index in [1.807, 2.05) is 5.32 Å². The van der Waals surface area contributed by atoms with Crippen molar-refractivity contribution in [2.75, 3.05) is 20.3 Å². The number of benzene rings is 2. The molecule has 2 amide bonds. The number of aliphatic hydroxyl groups excluding tert-OH is 1. The first kappa shape index (κ1) is 31.5. The van der Waals surface area contributed by atoms with Crippen molar-refractivity contribution in [1.82, 2.24) is 15.3 Å². The number of nitrogens with one attached hydrogen (secondary N) is 1. The summed E-state index contributed by atoms with van der Waals surface area (Å²) in [6, 6.07) is 8.64. The van der Waals surface area contributed by atoms with E-state index in [0.717, 1.165) is 36.4 Å². The highest BCUT2D eigenvalue weighted by atomic mass is 19.4. The molecule has 1 aliphatic rings. The molecular weight excluding hydrogens is 607 g/mol. The molecule has 0 fully saturated rings. The van der Waals surface area contributed by atoms with Crippen molar-refractivity contribution >= 4 is 22.7 Å². The second-order valence-electron chi connectivity index (χ2n) is 10.6. The van der Waals surface area contributed by atoms with Gasteiger partial charge in [0.15, 0.2) is 0 Å². The molecule has 2 aromatic heterocycles. The molecule has 0 spiro atoms. The molecule has 15 heteroatoms. The van der Waals surface area contributed by atoms with Crippen LogP contribution in [0.3, 0.4) is 0 Å². The lowest BCUT2D eigenvalue weighted by Gasteiger charge is -2.31. The summed E-state index contributed by atoms with van der Waals surface area (Å²) >= 11 is 0. The topological polar surface area (TPSA) is 157 Å². The van der Waals surface area contributed by atoms with Gasteiger partial charge in [-0.25, -0.2) is 18.7 Å². The van der Waals surface area contributed by atoms with Gasteiger partial charge in [0.05, 0.1) is 26.0 Å². The first-order valence-corrected chi connectivity index (χ1v) is 13.2. The number of rotatable bonds is 8. The summed E-state index contributed by atoms with van der Waals surface area (Å²) in [5.41, 5.74) is -1.52. The van der Waals surface area contributed by atoms with Crippen LogP contribution in [0, 0.1) is 11.6 Å². The Morgan fingerprint density at radius 2 is 1.80 bits per heavy atom. The Balaban J connectivity index is 1.58. The fourth-order valence-corrected chi connectivity index (χ4v) is 4.91. The molecular formula is C30H25F5N4O6. The molecule has 4 aromatic rings. The monoisotopic (exact) mass is 632 g/mol. The lowest BCUT2D eigenvalue weighted by molar-refractivity contribution is -0.265. The minimum Gasteiger partial charge on any atom is -0.494 e. The lowest BCUT2D eigenvalue weighted by atomic mass is 9.81. The van der Waals surface area contributed by atoms with Crippen LogP contribution in [-0.4, -0.2) is 58.4 Å². The summed E-state index contributed by atoms with van der Waals surface area (Å²) in [4.78, 5) is 33.5. The van der Waals surface area contributed by atoms with Crippen LogP contribution in [0.2, 0.25) is 0 Å². The average molecular weight is 633 g/mol. The fraction of sp³-hybridized carbons (Fsp3) is 0.267. The minimum atomic E-state index is -5.43. The molecule has 236 valence electrons. The number of pyridine rings is 2. The fourth-order valence-electron chi connectivity index (χ4n) is 4.91. The molecule has 0 radical (unpaired) electrons. The van der Waals surface area contributed by atoms with E-state index < -0.39 is 59.5 Å². The van der Waals surface area contributed by atoms with E-state index in [2.05, 4.69) is 9.97 Å². The van der Waals surface area contributed by atoms with E-state index in [1.54, 1.807) is 0 Å². The molecule has 5 N–H and O–H groups in total. The quantitative estimate of drug-likeness (QED) is 0.216. The van der Waals surface area contributed by atoms with E-state index in [-0.39, 0.29) is 57.1 Å². The second kappa shape index (κ2) is 11.2. The molecule has 2 atom stereocenters. The van der Waals surface area contributed by atoms with Crippen molar-refractivity contribution in [1.29, 1.82) is 0 Å². The Bertz CT molecular complexity index is 1840. The van der Waals surface area contributed by atoms with Crippen LogP contribution in [0.25, 0.3) is 22.2 Å². The van der Waals surface area contributed by atoms with E-state index in [4.69, 9.17) is 15.2 Å². The second-order valence-corrected chi connectivity index (χ2v) is 10.6. The molecule has 45 heavy (non-hydrogen) atoms. The highest BCUT2D eigenvalue weighted by Crippen LogP contribution is 2.47. The van der Waals surface area contributed by atoms with E-state index in [9.17, 15) is 41.8 Å². The van der Waals surface area contributed by atoms with Crippen LogP contribution in [0.5, 0.6) is 11.5 Å². The van der Waals surface area contributed by atoms with Gasteiger partial charge < -0.3 is 30.7 Å². The van der Waals surface area contributed by atoms with Crippen molar-refractivity contribution in [3.63, 3.8) is 0 Å². The number of halogens is 5. The maximum atomic E-state index is 14.7. The standard InChI is InChI=1S/C30H25F5N4O6/c1-28(27(36)42)13-45-25-18(28)10-22(39-24(25)14-3-5-17(31)6-4-14)29(43,30(33,34)35)12-37-26(41)16-7-15-8-19(32)20(11-40)38-23(15)21(9-16)44-2/h3-10,40,43H,11-13H2,1-2H3,(H2,36,42)(H,37,41)/t28-,29-/m0/s1. The summed E-state index contributed by atoms with van der Waals surface area (Å²) < 4.78 is 82.8. The number of alkyl halides is 3. The smallest absolute Gasteiger partial charge is 0.424 e. The molecule has 5 rings (SSSR count). The number of hydrogen-bond donors (Lipinski definition) is 4. The molecule has 1 aliphatic heterocycles. The predicted octanol–water partition coefficient (Wildman–Crippen LogP) is 3.39. The van der Waals surface area contributed by atoms with Crippen LogP contribution < -0.4 is 20.5 Å². The van der Waals surface area contributed by atoms with Crippen LogP contribution in [0.1, 0.15) is 34.2 Å². The number of carbonyl (C=O) groups is 2. The van der Waals surface area contributed by atoms with Gasteiger partial charge in [-0.3, -0.25) is 9.59 Å². The Hall–Kier alpha value is -4.89. The summed E-state index contributed by atoms with van der Waals surface area (Å²) in [5, 5.41) is 22.6. The Kier molecular flexibility index (Phi) is 7.87. The number of fused-ring (bicyclic) bond motifs is 2. The molecule has 0 unspecified atom stereocenters. The van der Waals surface area contributed by atoms with E-state index >= 15 is 0 Å². The molecule has 0 bridgehead atoms. The van der Waals surface area contributed by atoms with Crippen LogP contribution >= 0.6 is 0 Å². The molecule has 2 aromatic carbocycles. The number of carbonyl (C=O) groups excluding carboxylic acids is 2. The normalized spacial score (nSPS) is 17.4. The Labute approximate surface area is 251 Å². The number of aromatic nitrogens is 2. The van der Waals surface area contributed by atoms with Gasteiger partial charge >= 0.3 is 6.18 Å². The number of hydrogen-bond acceptors (Lipinski definition) is 8. The number of amides is 2. The third-order valence-corrected chi connectivity index (χ3v) is 7.67. The van der Waals surface area contributed by atoms with Crippen molar-refractivity contribution < 1.29 is 51.2 Å². The van der Waals surface area contributed by atoms with Gasteiger partial charge in [0.2, 0.25) is 11.5 Å². The molecule has 0 saturated heterocycles. The number of ether oxygens (including phenoxy) is 2. The van der Waals surface area contributed by atoms with Gasteiger partial charge in [0.25, 0.3) is 5.91 Å². The maximum absolute atomic E-state index is 14.7. The van der Waals surface area contributed by atoms with Crippen molar-refractivity contribution in [2.45, 2.75) is 30.7 Å². The molecule has 3 heterocycles. The maximum Gasteiger partial charge on any atom is 0.424 e. The summed E-state index contributed by atoms with van der Waals surface area (Å²) in [7, 11) is 1.23. The number of methoxy groups -OCH3 is 1. The van der Waals surface area contributed by atoms with Crippen molar-refractivity contribution in [2.24, 2.45) is 5.73 Å². The van der Waals surface area contributed by atoms with E-state index in [1.165, 1.54) is 26.2 Å². The highest BCUT2D eigenvalue weighted by molar-refractivity contribution is 6.00. The Morgan fingerprint density at radius 1 is 1.11 bits per heavy atom. The predicted molar refractivity (Wildman–Crippen MR) is 148 cm³/mol. The van der Waals surface area contributed by atoms with Gasteiger partial charge in [-0.15, -0.1) is 0 Å². The average Bonchev–Trinajstić information content (AvgIpc) is 3.35. The number of nitrogens with zero attached hydrogens (tertiary/aromatic N) is 2. The third-order valence-electron chi connectivity index (χ3n) is 7.67.